The standard InChI is InChI=1S/C23H33N5O4S.C7H6Cl2/c1-17(2)14-21(24)27-18(3)11-12-25-23(30)20-10-7-13-28(20)22(29)15-26-33(31,32)16-19-8-5-4-6-9-19;1-5-2-3-6(8)7(9)4-5/h4-6,8-9,14,20,26H,1,7,10-13,15-16,24H2,2-3H3,(H,25,30);2-4H,1H3/b21-14-,27-18-;/t20-;/m0./s1. The van der Waals surface area contributed by atoms with Gasteiger partial charge in [0.2, 0.25) is 21.8 Å². The lowest BCUT2D eigenvalue weighted by Gasteiger charge is -2.24. The quantitative estimate of drug-likeness (QED) is 0.242. The van der Waals surface area contributed by atoms with Crippen LogP contribution in [0.25, 0.3) is 0 Å². The minimum absolute atomic E-state index is 0.210. The summed E-state index contributed by atoms with van der Waals surface area (Å²) < 4.78 is 26.9. The number of halogens is 2. The maximum atomic E-state index is 12.6. The molecule has 42 heavy (non-hydrogen) atoms. The predicted molar refractivity (Wildman–Crippen MR) is 171 cm³/mol. The van der Waals surface area contributed by atoms with Crippen molar-refractivity contribution >= 4 is 50.8 Å². The highest BCUT2D eigenvalue weighted by Gasteiger charge is 2.34. The molecule has 0 aromatic heterocycles. The largest absolute Gasteiger partial charge is 0.384 e. The molecule has 0 unspecified atom stereocenters. The molecule has 1 atom stereocenters. The Bertz CT molecular complexity index is 1410. The highest BCUT2D eigenvalue weighted by Crippen LogP contribution is 2.21. The van der Waals surface area contributed by atoms with E-state index in [1.54, 1.807) is 42.5 Å². The van der Waals surface area contributed by atoms with E-state index in [9.17, 15) is 18.0 Å². The molecule has 228 valence electrons. The first-order chi connectivity index (χ1) is 19.8. The summed E-state index contributed by atoms with van der Waals surface area (Å²) in [6.45, 7) is 9.76. The van der Waals surface area contributed by atoms with E-state index in [0.29, 0.717) is 53.8 Å². The van der Waals surface area contributed by atoms with Gasteiger partial charge in [0, 0.05) is 25.2 Å². The van der Waals surface area contributed by atoms with Crippen LogP contribution >= 0.6 is 23.2 Å². The Morgan fingerprint density at radius 1 is 1.14 bits per heavy atom. The molecule has 4 N–H and O–H groups in total. The number of aryl methyl sites for hydroxylation is 1. The van der Waals surface area contributed by atoms with Gasteiger partial charge in [-0.25, -0.2) is 18.1 Å². The molecule has 1 saturated heterocycles. The van der Waals surface area contributed by atoms with Crippen molar-refractivity contribution in [2.75, 3.05) is 19.6 Å². The van der Waals surface area contributed by atoms with Gasteiger partial charge in [-0.15, -0.1) is 0 Å². The van der Waals surface area contributed by atoms with Crippen molar-refractivity contribution in [3.63, 3.8) is 0 Å². The van der Waals surface area contributed by atoms with Gasteiger partial charge in [0.15, 0.2) is 0 Å². The molecule has 3 rings (SSSR count). The average Bonchev–Trinajstić information content (AvgIpc) is 3.40. The van der Waals surface area contributed by atoms with E-state index in [-0.39, 0.29) is 18.2 Å². The maximum Gasteiger partial charge on any atom is 0.242 e. The molecule has 1 heterocycles. The average molecular weight is 637 g/mol. The zero-order valence-electron chi connectivity index (χ0n) is 24.2. The molecule has 12 heteroatoms. The third kappa shape index (κ3) is 12.8. The predicted octanol–water partition coefficient (Wildman–Crippen LogP) is 4.74. The molecule has 0 spiro atoms. The summed E-state index contributed by atoms with van der Waals surface area (Å²) in [4.78, 5) is 30.9. The van der Waals surface area contributed by atoms with Crippen LogP contribution in [0, 0.1) is 6.92 Å². The number of nitrogens with one attached hydrogen (secondary N) is 2. The Kier molecular flexibility index (Phi) is 14.2. The summed E-state index contributed by atoms with van der Waals surface area (Å²) in [6.07, 6.45) is 3.40. The minimum Gasteiger partial charge on any atom is -0.384 e. The highest BCUT2D eigenvalue weighted by atomic mass is 35.5. The van der Waals surface area contributed by atoms with Crippen LogP contribution in [0.2, 0.25) is 10.0 Å². The topological polar surface area (TPSA) is 134 Å². The lowest BCUT2D eigenvalue weighted by molar-refractivity contribution is -0.137. The number of nitrogens with two attached hydrogens (primary N) is 1. The zero-order valence-corrected chi connectivity index (χ0v) is 26.5. The summed E-state index contributed by atoms with van der Waals surface area (Å²) in [7, 11) is -3.67. The summed E-state index contributed by atoms with van der Waals surface area (Å²) in [5.74, 6) is -0.530. The highest BCUT2D eigenvalue weighted by molar-refractivity contribution is 7.88. The number of allylic oxidation sites excluding steroid dienone is 2. The van der Waals surface area contributed by atoms with Gasteiger partial charge in [0.1, 0.15) is 11.9 Å². The van der Waals surface area contributed by atoms with Gasteiger partial charge in [-0.1, -0.05) is 71.8 Å². The second-order valence-electron chi connectivity index (χ2n) is 10.0. The van der Waals surface area contributed by atoms with Crippen LogP contribution in [0.15, 0.2) is 77.6 Å². The molecule has 0 saturated carbocycles. The minimum atomic E-state index is -3.67. The second kappa shape index (κ2) is 17.1. The molecule has 0 radical (unpaired) electrons. The van der Waals surface area contributed by atoms with Crippen LogP contribution < -0.4 is 15.8 Å². The number of rotatable bonds is 11. The normalized spacial score (nSPS) is 15.5. The van der Waals surface area contributed by atoms with Crippen LogP contribution in [-0.4, -0.2) is 56.5 Å². The summed E-state index contributed by atoms with van der Waals surface area (Å²) in [5.41, 5.74) is 9.11. The summed E-state index contributed by atoms with van der Waals surface area (Å²) in [5, 5.41) is 4.06. The van der Waals surface area contributed by atoms with Gasteiger partial charge < -0.3 is 16.0 Å². The smallest absolute Gasteiger partial charge is 0.242 e. The third-order valence-electron chi connectivity index (χ3n) is 6.09. The third-order valence-corrected chi connectivity index (χ3v) is 8.13. The van der Waals surface area contributed by atoms with Crippen molar-refractivity contribution in [3.05, 3.63) is 93.8 Å². The van der Waals surface area contributed by atoms with Crippen molar-refractivity contribution in [1.29, 1.82) is 0 Å². The molecule has 0 aliphatic carbocycles. The van der Waals surface area contributed by atoms with E-state index >= 15 is 0 Å². The van der Waals surface area contributed by atoms with E-state index < -0.39 is 22.0 Å². The Labute approximate surface area is 258 Å². The van der Waals surface area contributed by atoms with Crippen LogP contribution in [-0.2, 0) is 25.4 Å². The van der Waals surface area contributed by atoms with Crippen molar-refractivity contribution in [2.45, 2.75) is 51.8 Å². The van der Waals surface area contributed by atoms with Gasteiger partial charge in [-0.2, -0.15) is 0 Å². The first-order valence-electron chi connectivity index (χ1n) is 13.4. The van der Waals surface area contributed by atoms with E-state index in [1.165, 1.54) is 4.90 Å². The van der Waals surface area contributed by atoms with Gasteiger partial charge in [0.25, 0.3) is 0 Å². The van der Waals surface area contributed by atoms with E-state index in [2.05, 4.69) is 21.6 Å². The Hall–Kier alpha value is -3.18. The SMILES string of the molecule is C=C(C)/C=C(N)\N=C(\C)CCNC(=O)[C@@H]1CCCN1C(=O)CNS(=O)(=O)Cc1ccccc1.Cc1ccc(Cl)c(Cl)c1. The van der Waals surface area contributed by atoms with Gasteiger partial charge >= 0.3 is 0 Å². The molecule has 9 nitrogen and oxygen atoms in total. The Morgan fingerprint density at radius 2 is 1.83 bits per heavy atom. The second-order valence-corrected chi connectivity index (χ2v) is 12.7. The fourth-order valence-electron chi connectivity index (χ4n) is 4.10. The Morgan fingerprint density at radius 3 is 2.45 bits per heavy atom. The number of carbonyl (C=O) groups excluding carboxylic acids is 2. The molecular weight excluding hydrogens is 597 g/mol. The van der Waals surface area contributed by atoms with Crippen LogP contribution in [0.1, 0.15) is 44.2 Å². The number of carbonyl (C=O) groups is 2. The van der Waals surface area contributed by atoms with E-state index in [1.807, 2.05) is 32.9 Å². The fourth-order valence-corrected chi connectivity index (χ4v) is 5.53. The summed E-state index contributed by atoms with van der Waals surface area (Å²) in [6, 6.07) is 13.7. The Balaban J connectivity index is 0.000000581. The number of benzene rings is 2. The molecule has 1 aliphatic heterocycles. The number of amides is 2. The van der Waals surface area contributed by atoms with Gasteiger partial charge in [-0.3, -0.25) is 9.59 Å². The molecule has 2 amide bonds. The zero-order chi connectivity index (χ0) is 31.3. The van der Waals surface area contributed by atoms with Crippen LogP contribution in [0.3, 0.4) is 0 Å². The van der Waals surface area contributed by atoms with Crippen molar-refractivity contribution < 1.29 is 18.0 Å². The maximum absolute atomic E-state index is 12.6. The first kappa shape index (κ1) is 35.0. The van der Waals surface area contributed by atoms with Gasteiger partial charge in [0.05, 0.1) is 22.3 Å². The van der Waals surface area contributed by atoms with Crippen LogP contribution in [0.4, 0.5) is 0 Å². The van der Waals surface area contributed by atoms with E-state index in [4.69, 9.17) is 28.9 Å². The number of hydrogen-bond acceptors (Lipinski definition) is 6. The number of hydrogen-bond donors (Lipinski definition) is 3. The monoisotopic (exact) mass is 635 g/mol. The first-order valence-corrected chi connectivity index (χ1v) is 15.8. The molecule has 2 aromatic carbocycles. The fraction of sp³-hybridized carbons (Fsp3) is 0.367. The lowest BCUT2D eigenvalue weighted by Crippen LogP contribution is -2.49. The molecule has 0 bridgehead atoms. The number of sulfonamides is 1. The van der Waals surface area contributed by atoms with E-state index in [0.717, 1.165) is 16.8 Å². The number of likely N-dealkylation sites (tertiary alicyclic amines) is 1. The van der Waals surface area contributed by atoms with Gasteiger partial charge in [-0.05, 0) is 62.9 Å². The van der Waals surface area contributed by atoms with Crippen molar-refractivity contribution in [2.24, 2.45) is 10.7 Å². The molecule has 1 aliphatic rings. The van der Waals surface area contributed by atoms with Crippen molar-refractivity contribution in [1.82, 2.24) is 14.9 Å². The molecule has 1 fully saturated rings. The molecular formula is C30H39Cl2N5O4S. The molecule has 2 aromatic rings. The number of nitrogens with zero attached hydrogens (tertiary/aromatic N) is 2. The number of aliphatic imine (C=N–C) groups is 1. The van der Waals surface area contributed by atoms with Crippen LogP contribution in [0.5, 0.6) is 0 Å². The lowest BCUT2D eigenvalue weighted by atomic mass is 10.2. The van der Waals surface area contributed by atoms with Crippen molar-refractivity contribution in [3.8, 4) is 0 Å². The summed E-state index contributed by atoms with van der Waals surface area (Å²) >= 11 is 11.3.